The molecule has 3 aromatic rings. The highest BCUT2D eigenvalue weighted by Crippen LogP contribution is 2.36. The number of anilines is 1. The van der Waals surface area contributed by atoms with Crippen LogP contribution in [0.15, 0.2) is 65.3 Å². The predicted molar refractivity (Wildman–Crippen MR) is 136 cm³/mol. The highest BCUT2D eigenvalue weighted by molar-refractivity contribution is 6.09. The molecular weight excluding hydrogens is 476 g/mol. The maximum atomic E-state index is 13.9. The van der Waals surface area contributed by atoms with Gasteiger partial charge in [0.1, 0.15) is 6.04 Å². The van der Waals surface area contributed by atoms with Crippen LogP contribution in [0.5, 0.6) is 11.5 Å². The smallest absolute Gasteiger partial charge is 0.337 e. The van der Waals surface area contributed by atoms with Crippen LogP contribution in [-0.2, 0) is 9.53 Å². The second-order valence-corrected chi connectivity index (χ2v) is 8.70. The fourth-order valence-electron chi connectivity index (χ4n) is 4.57. The van der Waals surface area contributed by atoms with Gasteiger partial charge in [0, 0.05) is 11.7 Å². The lowest BCUT2D eigenvalue weighted by atomic mass is 10.0. The Hall–Kier alpha value is -4.27. The van der Waals surface area contributed by atoms with Gasteiger partial charge in [0.05, 0.1) is 33.2 Å². The Morgan fingerprint density at radius 1 is 0.946 bits per heavy atom. The number of nitrogens with one attached hydrogen (secondary N) is 1. The second kappa shape index (κ2) is 11.6. The summed E-state index contributed by atoms with van der Waals surface area (Å²) in [7, 11) is 4.33. The number of furan rings is 1. The van der Waals surface area contributed by atoms with Gasteiger partial charge in [0.2, 0.25) is 5.91 Å². The van der Waals surface area contributed by atoms with Gasteiger partial charge in [-0.15, -0.1) is 0 Å². The topological polar surface area (TPSA) is 107 Å². The van der Waals surface area contributed by atoms with Crippen molar-refractivity contribution < 1.29 is 33.0 Å². The first-order chi connectivity index (χ1) is 18.0. The molecule has 0 bridgehead atoms. The molecule has 4 rings (SSSR count). The van der Waals surface area contributed by atoms with Gasteiger partial charge in [-0.25, -0.2) is 4.79 Å². The largest absolute Gasteiger partial charge is 0.493 e. The summed E-state index contributed by atoms with van der Waals surface area (Å²) >= 11 is 0. The van der Waals surface area contributed by atoms with E-state index < -0.39 is 17.9 Å². The molecule has 0 spiro atoms. The summed E-state index contributed by atoms with van der Waals surface area (Å²) in [6.45, 7) is 0. The van der Waals surface area contributed by atoms with Crippen LogP contribution in [0.3, 0.4) is 0 Å². The van der Waals surface area contributed by atoms with Crippen LogP contribution in [0.2, 0.25) is 0 Å². The molecule has 37 heavy (non-hydrogen) atoms. The van der Waals surface area contributed by atoms with Crippen molar-refractivity contribution in [1.82, 2.24) is 5.32 Å². The van der Waals surface area contributed by atoms with E-state index in [9.17, 15) is 14.4 Å². The molecule has 0 aliphatic heterocycles. The lowest BCUT2D eigenvalue weighted by Gasteiger charge is -2.32. The Balaban J connectivity index is 1.84. The summed E-state index contributed by atoms with van der Waals surface area (Å²) in [6.07, 6.45) is 5.23. The Morgan fingerprint density at radius 2 is 1.65 bits per heavy atom. The van der Waals surface area contributed by atoms with Crippen LogP contribution in [-0.4, -0.2) is 45.2 Å². The van der Waals surface area contributed by atoms with E-state index in [2.05, 4.69) is 5.32 Å². The van der Waals surface area contributed by atoms with E-state index in [0.717, 1.165) is 25.7 Å². The number of nitrogens with zero attached hydrogens (tertiary/aromatic N) is 1. The third-order valence-corrected chi connectivity index (χ3v) is 6.45. The molecule has 1 saturated carbocycles. The first-order valence-corrected chi connectivity index (χ1v) is 12.0. The van der Waals surface area contributed by atoms with E-state index in [1.54, 1.807) is 54.6 Å². The van der Waals surface area contributed by atoms with Crippen LogP contribution in [0.1, 0.15) is 58.2 Å². The summed E-state index contributed by atoms with van der Waals surface area (Å²) in [5.41, 5.74) is 1.23. The van der Waals surface area contributed by atoms with Crippen LogP contribution >= 0.6 is 0 Å². The molecule has 0 unspecified atom stereocenters. The second-order valence-electron chi connectivity index (χ2n) is 8.70. The highest BCUT2D eigenvalue weighted by atomic mass is 16.5. The standard InChI is InChI=1S/C28H30N2O7/c1-34-22-15-12-19(17-24(22)35-2)25(26(31)29-20-7-4-5-8-20)30(27(32)23-9-6-16-37-23)21-13-10-18(11-14-21)28(33)36-3/h6,9-17,20,25H,4-5,7-8H2,1-3H3,(H,29,31)/t25-/m1/s1. The van der Waals surface area contributed by atoms with Crippen molar-refractivity contribution in [2.75, 3.05) is 26.2 Å². The number of ether oxygens (including phenoxy) is 3. The van der Waals surface area contributed by atoms with E-state index in [1.165, 1.54) is 32.5 Å². The molecule has 0 radical (unpaired) electrons. The third kappa shape index (κ3) is 5.61. The lowest BCUT2D eigenvalue weighted by molar-refractivity contribution is -0.123. The number of hydrogen-bond acceptors (Lipinski definition) is 7. The molecule has 194 valence electrons. The van der Waals surface area contributed by atoms with Crippen molar-refractivity contribution in [2.24, 2.45) is 0 Å². The summed E-state index contributed by atoms with van der Waals surface area (Å²) in [5, 5.41) is 3.12. The summed E-state index contributed by atoms with van der Waals surface area (Å²) in [5.74, 6) is -0.382. The normalized spacial score (nSPS) is 14.0. The fraction of sp³-hybridized carbons (Fsp3) is 0.321. The average Bonchev–Trinajstić information content (AvgIpc) is 3.65. The monoisotopic (exact) mass is 506 g/mol. The Morgan fingerprint density at radius 3 is 2.24 bits per heavy atom. The molecule has 9 heteroatoms. The highest BCUT2D eigenvalue weighted by Gasteiger charge is 2.36. The van der Waals surface area contributed by atoms with Crippen molar-refractivity contribution in [3.8, 4) is 11.5 Å². The zero-order chi connectivity index (χ0) is 26.4. The van der Waals surface area contributed by atoms with Gasteiger partial charge in [0.15, 0.2) is 17.3 Å². The molecule has 2 aromatic carbocycles. The number of carbonyl (C=O) groups excluding carboxylic acids is 3. The predicted octanol–water partition coefficient (Wildman–Crippen LogP) is 4.53. The molecule has 1 aromatic heterocycles. The van der Waals surface area contributed by atoms with E-state index in [-0.39, 0.29) is 17.7 Å². The number of esters is 1. The van der Waals surface area contributed by atoms with E-state index in [4.69, 9.17) is 18.6 Å². The van der Waals surface area contributed by atoms with Gasteiger partial charge >= 0.3 is 5.97 Å². The molecule has 0 saturated heterocycles. The lowest BCUT2D eigenvalue weighted by Crippen LogP contribution is -2.46. The van der Waals surface area contributed by atoms with Gasteiger partial charge in [-0.05, 0) is 66.9 Å². The number of methoxy groups -OCH3 is 3. The number of carbonyl (C=O) groups is 3. The van der Waals surface area contributed by atoms with Gasteiger partial charge in [-0.1, -0.05) is 18.9 Å². The minimum atomic E-state index is -1.07. The molecule has 1 N–H and O–H groups in total. The first-order valence-electron chi connectivity index (χ1n) is 12.0. The van der Waals surface area contributed by atoms with Crippen LogP contribution in [0.25, 0.3) is 0 Å². The molecule has 2 amide bonds. The van der Waals surface area contributed by atoms with Crippen molar-refractivity contribution in [2.45, 2.75) is 37.8 Å². The van der Waals surface area contributed by atoms with Crippen molar-refractivity contribution in [3.63, 3.8) is 0 Å². The van der Waals surface area contributed by atoms with Crippen molar-refractivity contribution >= 4 is 23.5 Å². The van der Waals surface area contributed by atoms with Crippen LogP contribution in [0.4, 0.5) is 5.69 Å². The van der Waals surface area contributed by atoms with Gasteiger partial charge < -0.3 is 23.9 Å². The quantitative estimate of drug-likeness (QED) is 0.425. The zero-order valence-electron chi connectivity index (χ0n) is 21.1. The molecule has 1 aliphatic carbocycles. The molecule has 1 fully saturated rings. The molecule has 1 heterocycles. The van der Waals surface area contributed by atoms with Crippen molar-refractivity contribution in [3.05, 3.63) is 77.7 Å². The van der Waals surface area contributed by atoms with Crippen molar-refractivity contribution in [1.29, 1.82) is 0 Å². The zero-order valence-corrected chi connectivity index (χ0v) is 21.1. The Kier molecular flexibility index (Phi) is 8.12. The van der Waals surface area contributed by atoms with E-state index in [1.807, 2.05) is 0 Å². The summed E-state index contributed by atoms with van der Waals surface area (Å²) in [6, 6.07) is 13.5. The number of benzene rings is 2. The van der Waals surface area contributed by atoms with E-state index in [0.29, 0.717) is 28.3 Å². The molecule has 1 aliphatic rings. The van der Waals surface area contributed by atoms with Crippen LogP contribution in [0, 0.1) is 0 Å². The minimum Gasteiger partial charge on any atom is -0.493 e. The summed E-state index contributed by atoms with van der Waals surface area (Å²) in [4.78, 5) is 41.1. The Labute approximate surface area is 215 Å². The average molecular weight is 507 g/mol. The maximum Gasteiger partial charge on any atom is 0.337 e. The summed E-state index contributed by atoms with van der Waals surface area (Å²) < 4.78 is 21.1. The van der Waals surface area contributed by atoms with E-state index >= 15 is 0 Å². The minimum absolute atomic E-state index is 0.0254. The molecule has 1 atom stereocenters. The number of amides is 2. The van der Waals surface area contributed by atoms with Gasteiger partial charge in [0.25, 0.3) is 5.91 Å². The Bertz CT molecular complexity index is 1230. The third-order valence-electron chi connectivity index (χ3n) is 6.45. The van der Waals surface area contributed by atoms with Gasteiger partial charge in [-0.2, -0.15) is 0 Å². The first kappa shape index (κ1) is 25.8. The maximum absolute atomic E-state index is 13.9. The SMILES string of the molecule is COC(=O)c1ccc(N(C(=O)c2ccco2)[C@@H](C(=O)NC2CCCC2)c2ccc(OC)c(OC)c2)cc1. The number of rotatable bonds is 9. The fourth-order valence-corrected chi connectivity index (χ4v) is 4.57. The van der Waals surface area contributed by atoms with Gasteiger partial charge in [-0.3, -0.25) is 14.5 Å². The molecular formula is C28H30N2O7. The van der Waals surface area contributed by atoms with Crippen LogP contribution < -0.4 is 19.7 Å². The number of hydrogen-bond donors (Lipinski definition) is 1. The molecule has 9 nitrogen and oxygen atoms in total.